The molecular formula is C12H13Cl2N5. The second-order valence-electron chi connectivity index (χ2n) is 3.82. The van der Waals surface area contributed by atoms with Crippen molar-refractivity contribution in [2.75, 3.05) is 17.2 Å². The van der Waals surface area contributed by atoms with E-state index in [0.717, 1.165) is 13.0 Å². The Kier molecular flexibility index (Phi) is 4.76. The van der Waals surface area contributed by atoms with Gasteiger partial charge in [0, 0.05) is 6.54 Å². The van der Waals surface area contributed by atoms with Crippen LogP contribution in [0.5, 0.6) is 0 Å². The van der Waals surface area contributed by atoms with E-state index in [-0.39, 0.29) is 0 Å². The van der Waals surface area contributed by atoms with Crippen LogP contribution < -0.4 is 10.6 Å². The van der Waals surface area contributed by atoms with E-state index in [9.17, 15) is 0 Å². The van der Waals surface area contributed by atoms with Crippen LogP contribution in [-0.4, -0.2) is 21.7 Å². The number of rotatable bonds is 5. The van der Waals surface area contributed by atoms with Crippen molar-refractivity contribution in [2.45, 2.75) is 13.3 Å². The molecule has 0 unspecified atom stereocenters. The first-order chi connectivity index (χ1) is 9.20. The Morgan fingerprint density at radius 2 is 2.11 bits per heavy atom. The van der Waals surface area contributed by atoms with Gasteiger partial charge in [0.15, 0.2) is 5.82 Å². The monoisotopic (exact) mass is 297 g/mol. The zero-order valence-corrected chi connectivity index (χ0v) is 11.8. The summed E-state index contributed by atoms with van der Waals surface area (Å²) >= 11 is 12.0. The second kappa shape index (κ2) is 6.54. The lowest BCUT2D eigenvalue weighted by molar-refractivity contribution is 0.913. The zero-order valence-electron chi connectivity index (χ0n) is 10.3. The van der Waals surface area contributed by atoms with Crippen molar-refractivity contribution in [3.8, 4) is 0 Å². The van der Waals surface area contributed by atoms with Gasteiger partial charge in [-0.15, -0.1) is 5.10 Å². The van der Waals surface area contributed by atoms with Crippen molar-refractivity contribution in [2.24, 2.45) is 0 Å². The van der Waals surface area contributed by atoms with E-state index in [1.807, 2.05) is 6.07 Å². The molecule has 0 bridgehead atoms. The second-order valence-corrected chi connectivity index (χ2v) is 4.60. The SMILES string of the molecule is CCCNc1nncc(Nc2cccc(Cl)c2Cl)n1. The molecule has 0 radical (unpaired) electrons. The molecule has 0 amide bonds. The molecule has 19 heavy (non-hydrogen) atoms. The van der Waals surface area contributed by atoms with Crippen molar-refractivity contribution in [3.63, 3.8) is 0 Å². The largest absolute Gasteiger partial charge is 0.353 e. The summed E-state index contributed by atoms with van der Waals surface area (Å²) in [7, 11) is 0. The number of halogens is 2. The zero-order chi connectivity index (χ0) is 13.7. The van der Waals surface area contributed by atoms with Gasteiger partial charge < -0.3 is 10.6 Å². The molecule has 1 heterocycles. The minimum atomic E-state index is 0.450. The third kappa shape index (κ3) is 3.68. The molecule has 0 fully saturated rings. The molecule has 5 nitrogen and oxygen atoms in total. The highest BCUT2D eigenvalue weighted by molar-refractivity contribution is 6.43. The van der Waals surface area contributed by atoms with E-state index in [4.69, 9.17) is 23.2 Å². The summed E-state index contributed by atoms with van der Waals surface area (Å²) < 4.78 is 0. The number of aromatic nitrogens is 3. The molecule has 0 aliphatic rings. The molecule has 1 aromatic heterocycles. The van der Waals surface area contributed by atoms with Crippen molar-refractivity contribution in [1.29, 1.82) is 0 Å². The van der Waals surface area contributed by atoms with Crippen molar-refractivity contribution < 1.29 is 0 Å². The van der Waals surface area contributed by atoms with Crippen LogP contribution in [0.4, 0.5) is 17.5 Å². The van der Waals surface area contributed by atoms with E-state index in [1.54, 1.807) is 12.1 Å². The normalized spacial score (nSPS) is 10.3. The van der Waals surface area contributed by atoms with Crippen LogP contribution in [0.2, 0.25) is 10.0 Å². The average molecular weight is 298 g/mol. The maximum Gasteiger partial charge on any atom is 0.244 e. The van der Waals surface area contributed by atoms with E-state index < -0.39 is 0 Å². The van der Waals surface area contributed by atoms with Gasteiger partial charge in [0.25, 0.3) is 0 Å². The highest BCUT2D eigenvalue weighted by Gasteiger charge is 2.06. The van der Waals surface area contributed by atoms with Crippen molar-refractivity contribution in [3.05, 3.63) is 34.4 Å². The lowest BCUT2D eigenvalue weighted by Gasteiger charge is -2.09. The highest BCUT2D eigenvalue weighted by atomic mass is 35.5. The fourth-order valence-electron chi connectivity index (χ4n) is 1.41. The molecule has 7 heteroatoms. The van der Waals surface area contributed by atoms with Crippen LogP contribution in [0.1, 0.15) is 13.3 Å². The summed E-state index contributed by atoms with van der Waals surface area (Å²) in [5.41, 5.74) is 0.677. The van der Waals surface area contributed by atoms with Gasteiger partial charge in [-0.3, -0.25) is 0 Å². The molecule has 1 aromatic carbocycles. The van der Waals surface area contributed by atoms with Crippen LogP contribution in [0, 0.1) is 0 Å². The molecule has 0 spiro atoms. The minimum Gasteiger partial charge on any atom is -0.353 e. The molecule has 0 atom stereocenters. The molecule has 2 aromatic rings. The van der Waals surface area contributed by atoms with Crippen LogP contribution in [0.3, 0.4) is 0 Å². The molecule has 2 N–H and O–H groups in total. The Morgan fingerprint density at radius 3 is 2.89 bits per heavy atom. The first-order valence-corrected chi connectivity index (χ1v) is 6.61. The van der Waals surface area contributed by atoms with E-state index in [0.29, 0.717) is 27.5 Å². The van der Waals surface area contributed by atoms with Gasteiger partial charge in [0.2, 0.25) is 5.95 Å². The molecule has 100 valence electrons. The van der Waals surface area contributed by atoms with Crippen LogP contribution in [0.15, 0.2) is 24.4 Å². The summed E-state index contributed by atoms with van der Waals surface area (Å²) in [6.07, 6.45) is 2.51. The number of nitrogens with one attached hydrogen (secondary N) is 2. The third-order valence-electron chi connectivity index (χ3n) is 2.31. The summed E-state index contributed by atoms with van der Waals surface area (Å²) in [4.78, 5) is 4.28. The van der Waals surface area contributed by atoms with Crippen LogP contribution in [0.25, 0.3) is 0 Å². The molecule has 0 aliphatic carbocycles. The topological polar surface area (TPSA) is 62.7 Å². The van der Waals surface area contributed by atoms with Gasteiger partial charge in [0.1, 0.15) is 0 Å². The maximum absolute atomic E-state index is 6.09. The molecule has 0 saturated carbocycles. The lowest BCUT2D eigenvalue weighted by Crippen LogP contribution is -2.07. The Hall–Kier alpha value is -1.59. The maximum atomic E-state index is 6.09. The van der Waals surface area contributed by atoms with Crippen LogP contribution in [-0.2, 0) is 0 Å². The number of nitrogens with zero attached hydrogens (tertiary/aromatic N) is 3. The van der Waals surface area contributed by atoms with E-state index >= 15 is 0 Å². The number of hydrogen-bond acceptors (Lipinski definition) is 5. The van der Waals surface area contributed by atoms with Gasteiger partial charge in [0.05, 0.1) is 21.9 Å². The van der Waals surface area contributed by atoms with Gasteiger partial charge in [-0.25, -0.2) is 0 Å². The van der Waals surface area contributed by atoms with Gasteiger partial charge in [-0.2, -0.15) is 10.1 Å². The summed E-state index contributed by atoms with van der Waals surface area (Å²) in [6, 6.07) is 5.35. The van der Waals surface area contributed by atoms with Crippen molar-refractivity contribution in [1.82, 2.24) is 15.2 Å². The smallest absolute Gasteiger partial charge is 0.244 e. The van der Waals surface area contributed by atoms with E-state index in [1.165, 1.54) is 6.20 Å². The number of anilines is 3. The van der Waals surface area contributed by atoms with Gasteiger partial charge in [-0.1, -0.05) is 36.2 Å². The highest BCUT2D eigenvalue weighted by Crippen LogP contribution is 2.31. The predicted octanol–water partition coefficient (Wildman–Crippen LogP) is 3.74. The summed E-state index contributed by atoms with van der Waals surface area (Å²) in [5, 5.41) is 14.8. The van der Waals surface area contributed by atoms with Gasteiger partial charge in [-0.05, 0) is 18.6 Å². The van der Waals surface area contributed by atoms with Crippen LogP contribution >= 0.6 is 23.2 Å². The number of hydrogen-bond donors (Lipinski definition) is 2. The first kappa shape index (κ1) is 13.8. The molecular weight excluding hydrogens is 285 g/mol. The average Bonchev–Trinajstić information content (AvgIpc) is 2.42. The fraction of sp³-hybridized carbons (Fsp3) is 0.250. The lowest BCUT2D eigenvalue weighted by atomic mass is 10.3. The fourth-order valence-corrected chi connectivity index (χ4v) is 1.76. The standard InChI is InChI=1S/C12H13Cl2N5/c1-2-6-15-12-18-10(7-16-19-12)17-9-5-3-4-8(13)11(9)14/h3-5,7H,2,6H2,1H3,(H2,15,17,18,19). The minimum absolute atomic E-state index is 0.450. The van der Waals surface area contributed by atoms with E-state index in [2.05, 4.69) is 32.7 Å². The Morgan fingerprint density at radius 1 is 1.26 bits per heavy atom. The van der Waals surface area contributed by atoms with Gasteiger partial charge >= 0.3 is 0 Å². The first-order valence-electron chi connectivity index (χ1n) is 5.85. The molecule has 0 aliphatic heterocycles. The number of benzene rings is 1. The Balaban J connectivity index is 2.16. The summed E-state index contributed by atoms with van der Waals surface area (Å²) in [6.45, 7) is 2.86. The Labute approximate surface area is 121 Å². The molecule has 2 rings (SSSR count). The summed E-state index contributed by atoms with van der Waals surface area (Å²) in [5.74, 6) is 1.03. The predicted molar refractivity (Wildman–Crippen MR) is 78.4 cm³/mol. The molecule has 0 saturated heterocycles. The third-order valence-corrected chi connectivity index (χ3v) is 3.13. The Bertz CT molecular complexity index is 562. The quantitative estimate of drug-likeness (QED) is 0.880. The van der Waals surface area contributed by atoms with Crippen molar-refractivity contribution >= 4 is 40.7 Å².